The normalized spacial score (nSPS) is 20.5. The molecule has 1 heterocycles. The lowest BCUT2D eigenvalue weighted by Crippen LogP contribution is -2.44. The second-order valence-electron chi connectivity index (χ2n) is 4.78. The Balaban J connectivity index is 2.12. The van der Waals surface area contributed by atoms with Gasteiger partial charge >= 0.3 is 0 Å². The number of hydrogen-bond donors (Lipinski definition) is 0. The molecule has 2 rings (SSSR count). The Morgan fingerprint density at radius 2 is 2.21 bits per heavy atom. The molecule has 0 aliphatic carbocycles. The van der Waals surface area contributed by atoms with E-state index in [4.69, 9.17) is 4.74 Å². The predicted octanol–water partition coefficient (Wildman–Crippen LogP) is 2.48. The van der Waals surface area contributed by atoms with Crippen LogP contribution < -0.4 is 0 Å². The molecule has 1 aliphatic rings. The minimum Gasteiger partial charge on any atom is -0.375 e. The Kier molecular flexibility index (Phi) is 4.32. The number of ether oxygens (including phenoxy) is 1. The number of morpholine rings is 1. The fourth-order valence-corrected chi connectivity index (χ4v) is 2.14. The average molecular weight is 263 g/mol. The number of benzene rings is 1. The Labute approximate surface area is 112 Å². The molecule has 1 fully saturated rings. The standard InChI is InChI=1S/C15H18FNO2/c1-11(9-13-5-3-4-6-14(13)16)15(18)17-7-8-19-12(2)10-17/h3-6,9,12H,7-8,10H2,1-2H3/b11-9+. The molecule has 1 unspecified atom stereocenters. The molecule has 1 amide bonds. The first kappa shape index (κ1) is 13.7. The van der Waals surface area contributed by atoms with Crippen LogP contribution in [-0.2, 0) is 9.53 Å². The van der Waals surface area contributed by atoms with Crippen molar-refractivity contribution in [3.63, 3.8) is 0 Å². The molecule has 0 spiro atoms. The van der Waals surface area contributed by atoms with Crippen molar-refractivity contribution in [2.45, 2.75) is 20.0 Å². The zero-order valence-electron chi connectivity index (χ0n) is 11.2. The van der Waals surface area contributed by atoms with Crippen LogP contribution in [0, 0.1) is 5.82 Å². The Hall–Kier alpha value is -1.68. The van der Waals surface area contributed by atoms with Crippen molar-refractivity contribution >= 4 is 12.0 Å². The van der Waals surface area contributed by atoms with Gasteiger partial charge in [0.15, 0.2) is 0 Å². The number of carbonyl (C=O) groups excluding carboxylic acids is 1. The molecule has 1 aromatic carbocycles. The summed E-state index contributed by atoms with van der Waals surface area (Å²) in [6, 6.07) is 6.44. The van der Waals surface area contributed by atoms with Crippen molar-refractivity contribution in [3.05, 3.63) is 41.2 Å². The summed E-state index contributed by atoms with van der Waals surface area (Å²) >= 11 is 0. The zero-order chi connectivity index (χ0) is 13.8. The maximum absolute atomic E-state index is 13.5. The highest BCUT2D eigenvalue weighted by Gasteiger charge is 2.22. The highest BCUT2D eigenvalue weighted by atomic mass is 19.1. The third-order valence-electron chi connectivity index (χ3n) is 3.14. The van der Waals surface area contributed by atoms with E-state index in [0.29, 0.717) is 30.8 Å². The van der Waals surface area contributed by atoms with Crippen LogP contribution in [0.25, 0.3) is 6.08 Å². The maximum Gasteiger partial charge on any atom is 0.249 e. The van der Waals surface area contributed by atoms with E-state index in [1.807, 2.05) is 6.92 Å². The van der Waals surface area contributed by atoms with E-state index in [1.54, 1.807) is 36.1 Å². The van der Waals surface area contributed by atoms with Gasteiger partial charge in [-0.1, -0.05) is 18.2 Å². The second-order valence-corrected chi connectivity index (χ2v) is 4.78. The summed E-state index contributed by atoms with van der Waals surface area (Å²) in [7, 11) is 0. The van der Waals surface area contributed by atoms with Crippen LogP contribution in [0.3, 0.4) is 0 Å². The molecule has 0 saturated carbocycles. The fourth-order valence-electron chi connectivity index (χ4n) is 2.14. The van der Waals surface area contributed by atoms with Gasteiger partial charge in [-0.05, 0) is 26.0 Å². The Morgan fingerprint density at radius 3 is 2.89 bits per heavy atom. The molecule has 0 radical (unpaired) electrons. The third-order valence-corrected chi connectivity index (χ3v) is 3.14. The van der Waals surface area contributed by atoms with Crippen LogP contribution in [0.5, 0.6) is 0 Å². The van der Waals surface area contributed by atoms with Gasteiger partial charge in [0, 0.05) is 24.2 Å². The minimum atomic E-state index is -0.315. The van der Waals surface area contributed by atoms with Gasteiger partial charge in [0.05, 0.1) is 12.7 Å². The van der Waals surface area contributed by atoms with Gasteiger partial charge in [-0.2, -0.15) is 0 Å². The maximum atomic E-state index is 13.5. The van der Waals surface area contributed by atoms with E-state index in [9.17, 15) is 9.18 Å². The predicted molar refractivity (Wildman–Crippen MR) is 72.0 cm³/mol. The number of carbonyl (C=O) groups is 1. The highest BCUT2D eigenvalue weighted by Crippen LogP contribution is 2.14. The SMILES string of the molecule is C/C(=C\c1ccccc1F)C(=O)N1CCOC(C)C1. The summed E-state index contributed by atoms with van der Waals surface area (Å²) in [5, 5.41) is 0. The lowest BCUT2D eigenvalue weighted by Gasteiger charge is -2.31. The number of nitrogens with zero attached hydrogens (tertiary/aromatic N) is 1. The van der Waals surface area contributed by atoms with Crippen LogP contribution in [-0.4, -0.2) is 36.6 Å². The summed E-state index contributed by atoms with van der Waals surface area (Å²) < 4.78 is 18.9. The third kappa shape index (κ3) is 3.41. The molecule has 1 saturated heterocycles. The van der Waals surface area contributed by atoms with Crippen molar-refractivity contribution in [3.8, 4) is 0 Å². The van der Waals surface area contributed by atoms with Crippen LogP contribution in [0.1, 0.15) is 19.4 Å². The lowest BCUT2D eigenvalue weighted by atomic mass is 10.1. The number of hydrogen-bond acceptors (Lipinski definition) is 2. The molecular weight excluding hydrogens is 245 g/mol. The molecule has 0 N–H and O–H groups in total. The number of amides is 1. The van der Waals surface area contributed by atoms with E-state index in [0.717, 1.165) is 0 Å². The van der Waals surface area contributed by atoms with Crippen molar-refractivity contribution in [2.24, 2.45) is 0 Å². The number of halogens is 1. The Bertz CT molecular complexity index is 499. The fraction of sp³-hybridized carbons (Fsp3) is 0.400. The molecule has 0 aromatic heterocycles. The first-order chi connectivity index (χ1) is 9.08. The topological polar surface area (TPSA) is 29.5 Å². The summed E-state index contributed by atoms with van der Waals surface area (Å²) in [6.45, 7) is 5.39. The molecule has 4 heteroatoms. The van der Waals surface area contributed by atoms with Crippen LogP contribution in [0.2, 0.25) is 0 Å². The average Bonchev–Trinajstić information content (AvgIpc) is 2.40. The van der Waals surface area contributed by atoms with Gasteiger partial charge in [-0.25, -0.2) is 4.39 Å². The zero-order valence-corrected chi connectivity index (χ0v) is 11.2. The quantitative estimate of drug-likeness (QED) is 0.767. The van der Waals surface area contributed by atoms with E-state index in [-0.39, 0.29) is 17.8 Å². The lowest BCUT2D eigenvalue weighted by molar-refractivity contribution is -0.133. The monoisotopic (exact) mass is 263 g/mol. The highest BCUT2D eigenvalue weighted by molar-refractivity contribution is 5.97. The van der Waals surface area contributed by atoms with Crippen LogP contribution in [0.4, 0.5) is 4.39 Å². The van der Waals surface area contributed by atoms with Crippen molar-refractivity contribution < 1.29 is 13.9 Å². The summed E-state index contributed by atoms with van der Waals surface area (Å²) in [5.74, 6) is -0.372. The molecule has 3 nitrogen and oxygen atoms in total. The summed E-state index contributed by atoms with van der Waals surface area (Å²) in [5.41, 5.74) is 0.980. The Morgan fingerprint density at radius 1 is 1.47 bits per heavy atom. The number of rotatable bonds is 2. The smallest absolute Gasteiger partial charge is 0.249 e. The molecule has 1 atom stereocenters. The van der Waals surface area contributed by atoms with Crippen LogP contribution >= 0.6 is 0 Å². The second kappa shape index (κ2) is 5.97. The molecule has 19 heavy (non-hydrogen) atoms. The molecular formula is C15H18FNO2. The van der Waals surface area contributed by atoms with Gasteiger partial charge in [-0.3, -0.25) is 4.79 Å². The van der Waals surface area contributed by atoms with Gasteiger partial charge in [0.2, 0.25) is 5.91 Å². The van der Waals surface area contributed by atoms with Gasteiger partial charge < -0.3 is 9.64 Å². The van der Waals surface area contributed by atoms with E-state index < -0.39 is 0 Å². The first-order valence-electron chi connectivity index (χ1n) is 6.41. The molecule has 102 valence electrons. The van der Waals surface area contributed by atoms with Crippen molar-refractivity contribution in [2.75, 3.05) is 19.7 Å². The minimum absolute atomic E-state index is 0.0546. The van der Waals surface area contributed by atoms with Crippen molar-refractivity contribution in [1.82, 2.24) is 4.90 Å². The van der Waals surface area contributed by atoms with Crippen LogP contribution in [0.15, 0.2) is 29.8 Å². The van der Waals surface area contributed by atoms with E-state index in [1.165, 1.54) is 6.07 Å². The van der Waals surface area contributed by atoms with Gasteiger partial charge in [0.25, 0.3) is 0 Å². The molecule has 0 bridgehead atoms. The first-order valence-corrected chi connectivity index (χ1v) is 6.41. The van der Waals surface area contributed by atoms with Gasteiger partial charge in [-0.15, -0.1) is 0 Å². The summed E-state index contributed by atoms with van der Waals surface area (Å²) in [6.07, 6.45) is 1.65. The van der Waals surface area contributed by atoms with E-state index in [2.05, 4.69) is 0 Å². The van der Waals surface area contributed by atoms with Crippen molar-refractivity contribution in [1.29, 1.82) is 0 Å². The van der Waals surface area contributed by atoms with E-state index >= 15 is 0 Å². The largest absolute Gasteiger partial charge is 0.375 e. The molecule has 1 aliphatic heterocycles. The summed E-state index contributed by atoms with van der Waals surface area (Å²) in [4.78, 5) is 14.0. The van der Waals surface area contributed by atoms with Gasteiger partial charge in [0.1, 0.15) is 5.82 Å². The molecule has 1 aromatic rings.